The Hall–Kier alpha value is -4.24. The van der Waals surface area contributed by atoms with Crippen molar-refractivity contribution in [1.82, 2.24) is 0 Å². The van der Waals surface area contributed by atoms with Gasteiger partial charge in [-0.05, 0) is 89.2 Å². The van der Waals surface area contributed by atoms with E-state index in [4.69, 9.17) is 9.47 Å². The van der Waals surface area contributed by atoms with Gasteiger partial charge in [0.2, 0.25) is 0 Å². The molecule has 0 unspecified atom stereocenters. The van der Waals surface area contributed by atoms with Crippen LogP contribution in [0.4, 0.5) is 0 Å². The highest BCUT2D eigenvalue weighted by Gasteiger charge is 2.47. The lowest BCUT2D eigenvalue weighted by atomic mass is 9.31. The maximum Gasteiger partial charge on any atom is 0.261 e. The minimum absolute atomic E-state index is 0.126. The zero-order valence-electron chi connectivity index (χ0n) is 20.8. The van der Waals surface area contributed by atoms with Crippen LogP contribution in [0.15, 0.2) is 78.9 Å². The van der Waals surface area contributed by atoms with Crippen molar-refractivity contribution >= 4 is 23.1 Å². The first-order valence-corrected chi connectivity index (χ1v) is 13.1. The van der Waals surface area contributed by atoms with Crippen molar-refractivity contribution < 1.29 is 9.47 Å². The summed E-state index contributed by atoms with van der Waals surface area (Å²) in [6.45, 7) is 4.45. The van der Waals surface area contributed by atoms with Crippen LogP contribution in [-0.2, 0) is 12.8 Å². The second-order valence-corrected chi connectivity index (χ2v) is 11.0. The molecule has 174 valence electrons. The van der Waals surface area contributed by atoms with Crippen molar-refractivity contribution in [2.75, 3.05) is 0 Å². The average Bonchev–Trinajstić information content (AvgIpc) is 3.26. The molecular formula is C34H23BO2. The number of rotatable bonds is 1. The van der Waals surface area contributed by atoms with Gasteiger partial charge in [0.25, 0.3) is 6.71 Å². The van der Waals surface area contributed by atoms with Crippen molar-refractivity contribution in [3.63, 3.8) is 0 Å². The highest BCUT2D eigenvalue weighted by molar-refractivity contribution is 6.99. The molecule has 0 N–H and O–H groups in total. The molecule has 0 saturated carbocycles. The molecule has 3 heteroatoms. The van der Waals surface area contributed by atoms with Gasteiger partial charge in [0.1, 0.15) is 23.0 Å². The number of benzene rings is 5. The standard InChI is InChI=1S/C34H23BO2/c1-18-5-3-6-20(13-18)25-11-12-28-32-33(25)36-27-8-4-7-22-16-24-17-23-15-21-10-9-19(2)14-26(21)29(23)34(37-28)31(24)35(32)30(22)27/h3-14,17H,15-16H2,1-2H3. The summed E-state index contributed by atoms with van der Waals surface area (Å²) in [6, 6.07) is 28.9. The van der Waals surface area contributed by atoms with Gasteiger partial charge in [0, 0.05) is 16.6 Å². The molecule has 3 heterocycles. The second-order valence-electron chi connectivity index (χ2n) is 11.0. The van der Waals surface area contributed by atoms with E-state index in [0.29, 0.717) is 0 Å². The topological polar surface area (TPSA) is 18.5 Å². The summed E-state index contributed by atoms with van der Waals surface area (Å²) in [4.78, 5) is 0. The largest absolute Gasteiger partial charge is 0.458 e. The number of hydrogen-bond acceptors (Lipinski definition) is 2. The van der Waals surface area contributed by atoms with Gasteiger partial charge in [0.05, 0.1) is 0 Å². The number of ether oxygens (including phenoxy) is 2. The first kappa shape index (κ1) is 19.9. The summed E-state index contributed by atoms with van der Waals surface area (Å²) in [6.07, 6.45) is 1.89. The van der Waals surface area contributed by atoms with Crippen LogP contribution >= 0.6 is 0 Å². The van der Waals surface area contributed by atoms with Crippen LogP contribution in [-0.4, -0.2) is 6.71 Å². The Morgan fingerprint density at radius 3 is 2.30 bits per heavy atom. The summed E-state index contributed by atoms with van der Waals surface area (Å²) in [5.41, 5.74) is 16.8. The Balaban J connectivity index is 1.37. The molecule has 9 rings (SSSR count). The van der Waals surface area contributed by atoms with E-state index in [1.165, 1.54) is 66.5 Å². The van der Waals surface area contributed by atoms with Gasteiger partial charge in [-0.15, -0.1) is 0 Å². The van der Waals surface area contributed by atoms with E-state index in [2.05, 4.69) is 92.7 Å². The third-order valence-electron chi connectivity index (χ3n) is 8.72. The van der Waals surface area contributed by atoms with Crippen LogP contribution in [0.25, 0.3) is 22.3 Å². The normalized spacial score (nSPS) is 14.4. The molecule has 4 aliphatic rings. The van der Waals surface area contributed by atoms with Crippen molar-refractivity contribution in [2.45, 2.75) is 26.7 Å². The fourth-order valence-corrected chi connectivity index (χ4v) is 7.18. The predicted octanol–water partition coefficient (Wildman–Crippen LogP) is 6.17. The lowest BCUT2D eigenvalue weighted by Crippen LogP contribution is -2.61. The van der Waals surface area contributed by atoms with Crippen LogP contribution in [0, 0.1) is 13.8 Å². The van der Waals surface area contributed by atoms with Gasteiger partial charge in [0.15, 0.2) is 0 Å². The van der Waals surface area contributed by atoms with Crippen LogP contribution in [0.1, 0.15) is 33.4 Å². The van der Waals surface area contributed by atoms with Crippen molar-refractivity contribution in [3.8, 4) is 45.3 Å². The van der Waals surface area contributed by atoms with Crippen molar-refractivity contribution in [3.05, 3.63) is 112 Å². The molecule has 5 aromatic rings. The van der Waals surface area contributed by atoms with Gasteiger partial charge >= 0.3 is 0 Å². The molecule has 5 aromatic carbocycles. The van der Waals surface area contributed by atoms with E-state index in [1.54, 1.807) is 0 Å². The Bertz CT molecular complexity index is 1870. The third-order valence-corrected chi connectivity index (χ3v) is 8.72. The molecule has 0 amide bonds. The lowest BCUT2D eigenvalue weighted by Gasteiger charge is -2.39. The highest BCUT2D eigenvalue weighted by atomic mass is 16.5. The Labute approximate surface area is 216 Å². The van der Waals surface area contributed by atoms with Crippen LogP contribution in [0.5, 0.6) is 23.0 Å². The van der Waals surface area contributed by atoms with Gasteiger partial charge in [-0.25, -0.2) is 0 Å². The van der Waals surface area contributed by atoms with Crippen LogP contribution < -0.4 is 25.9 Å². The molecule has 0 saturated heterocycles. The number of fused-ring (bicyclic) bond motifs is 4. The number of hydrogen-bond donors (Lipinski definition) is 0. The zero-order valence-corrected chi connectivity index (χ0v) is 20.8. The van der Waals surface area contributed by atoms with Gasteiger partial charge < -0.3 is 9.47 Å². The molecule has 37 heavy (non-hydrogen) atoms. The second kappa shape index (κ2) is 6.74. The first-order chi connectivity index (χ1) is 18.1. The minimum Gasteiger partial charge on any atom is -0.458 e. The molecule has 3 aliphatic heterocycles. The third kappa shape index (κ3) is 2.52. The molecule has 0 bridgehead atoms. The molecule has 1 aliphatic carbocycles. The predicted molar refractivity (Wildman–Crippen MR) is 150 cm³/mol. The molecule has 0 aromatic heterocycles. The average molecular weight is 474 g/mol. The van der Waals surface area contributed by atoms with Crippen LogP contribution in [0.2, 0.25) is 0 Å². The molecule has 0 spiro atoms. The van der Waals surface area contributed by atoms with E-state index in [0.717, 1.165) is 41.4 Å². The number of aryl methyl sites for hydroxylation is 2. The summed E-state index contributed by atoms with van der Waals surface area (Å²) >= 11 is 0. The maximum atomic E-state index is 6.92. The van der Waals surface area contributed by atoms with E-state index < -0.39 is 0 Å². The molecule has 2 nitrogen and oxygen atoms in total. The smallest absolute Gasteiger partial charge is 0.261 e. The summed E-state index contributed by atoms with van der Waals surface area (Å²) in [5, 5.41) is 0. The fourth-order valence-electron chi connectivity index (χ4n) is 7.18. The molecule has 0 radical (unpaired) electrons. The monoisotopic (exact) mass is 474 g/mol. The lowest BCUT2D eigenvalue weighted by molar-refractivity contribution is 0.465. The van der Waals surface area contributed by atoms with Gasteiger partial charge in [-0.3, -0.25) is 0 Å². The van der Waals surface area contributed by atoms with E-state index in [1.807, 2.05) is 0 Å². The minimum atomic E-state index is 0.126. The van der Waals surface area contributed by atoms with Gasteiger partial charge in [-0.2, -0.15) is 0 Å². The zero-order chi connectivity index (χ0) is 24.4. The Morgan fingerprint density at radius 2 is 1.38 bits per heavy atom. The molecule has 0 atom stereocenters. The SMILES string of the molecule is Cc1cccc(-c2ccc3c4c2Oc2cccc5c2B4c2c(cc4c(c2O3)-c2cc(C)ccc2C4)C5)c1. The van der Waals surface area contributed by atoms with Crippen LogP contribution in [0.3, 0.4) is 0 Å². The van der Waals surface area contributed by atoms with E-state index >= 15 is 0 Å². The fraction of sp³-hybridized carbons (Fsp3) is 0.118. The summed E-state index contributed by atoms with van der Waals surface area (Å²) in [7, 11) is 0. The van der Waals surface area contributed by atoms with E-state index in [9.17, 15) is 0 Å². The maximum absolute atomic E-state index is 6.92. The molecular weight excluding hydrogens is 451 g/mol. The molecule has 0 fully saturated rings. The summed E-state index contributed by atoms with van der Waals surface area (Å²) in [5.74, 6) is 3.90. The Kier molecular flexibility index (Phi) is 3.63. The highest BCUT2D eigenvalue weighted by Crippen LogP contribution is 2.49. The van der Waals surface area contributed by atoms with E-state index in [-0.39, 0.29) is 6.71 Å². The van der Waals surface area contributed by atoms with Gasteiger partial charge in [-0.1, -0.05) is 71.8 Å². The quantitative estimate of drug-likeness (QED) is 0.265. The van der Waals surface area contributed by atoms with Crippen molar-refractivity contribution in [1.29, 1.82) is 0 Å². The summed E-state index contributed by atoms with van der Waals surface area (Å²) < 4.78 is 13.7. The first-order valence-electron chi connectivity index (χ1n) is 13.1. The van der Waals surface area contributed by atoms with Crippen molar-refractivity contribution in [2.24, 2.45) is 0 Å². The Morgan fingerprint density at radius 1 is 0.568 bits per heavy atom.